The highest BCUT2D eigenvalue weighted by molar-refractivity contribution is 6.36. The summed E-state index contributed by atoms with van der Waals surface area (Å²) in [5.41, 5.74) is 0.662. The van der Waals surface area contributed by atoms with E-state index in [2.05, 4.69) is 5.32 Å². The number of nitriles is 1. The van der Waals surface area contributed by atoms with Crippen LogP contribution in [0.2, 0.25) is 15.1 Å². The molecule has 140 valence electrons. The third kappa shape index (κ3) is 5.30. The van der Waals surface area contributed by atoms with Gasteiger partial charge in [0.15, 0.2) is 11.5 Å². The number of hydrogen-bond donors (Lipinski definition) is 1. The number of benzene rings is 2. The number of nitrogens with zero attached hydrogens (tertiary/aromatic N) is 1. The fourth-order valence-electron chi connectivity index (χ4n) is 2.21. The monoisotopic (exact) mass is 424 g/mol. The van der Waals surface area contributed by atoms with Crippen LogP contribution in [0.4, 0.5) is 5.69 Å². The Bertz CT molecular complexity index is 937. The van der Waals surface area contributed by atoms with Crippen LogP contribution in [0.25, 0.3) is 6.08 Å². The average Bonchev–Trinajstić information content (AvgIpc) is 2.64. The zero-order chi connectivity index (χ0) is 20.0. The number of ether oxygens (including phenoxy) is 2. The molecule has 2 aromatic rings. The van der Waals surface area contributed by atoms with E-state index in [4.69, 9.17) is 44.3 Å². The molecular formula is C19H15Cl3N2O3. The molecular weight excluding hydrogens is 411 g/mol. The van der Waals surface area contributed by atoms with Crippen molar-refractivity contribution in [3.05, 3.63) is 56.5 Å². The van der Waals surface area contributed by atoms with Crippen LogP contribution < -0.4 is 14.8 Å². The van der Waals surface area contributed by atoms with Gasteiger partial charge in [0, 0.05) is 5.02 Å². The Morgan fingerprint density at radius 3 is 2.59 bits per heavy atom. The van der Waals surface area contributed by atoms with E-state index in [0.717, 1.165) is 0 Å². The minimum absolute atomic E-state index is 0.145. The number of carbonyl (C=O) groups excluding carboxylic acids is 1. The van der Waals surface area contributed by atoms with Crippen LogP contribution in [0.5, 0.6) is 11.5 Å². The lowest BCUT2D eigenvalue weighted by Gasteiger charge is -2.12. The molecule has 1 amide bonds. The Morgan fingerprint density at radius 2 is 1.96 bits per heavy atom. The van der Waals surface area contributed by atoms with Gasteiger partial charge in [-0.1, -0.05) is 34.8 Å². The van der Waals surface area contributed by atoms with Crippen LogP contribution in [-0.4, -0.2) is 19.6 Å². The molecule has 0 spiro atoms. The summed E-state index contributed by atoms with van der Waals surface area (Å²) in [6.07, 6.45) is 1.39. The van der Waals surface area contributed by atoms with Crippen molar-refractivity contribution in [3.63, 3.8) is 0 Å². The normalized spacial score (nSPS) is 10.9. The summed E-state index contributed by atoms with van der Waals surface area (Å²) in [6, 6.07) is 9.69. The maximum absolute atomic E-state index is 12.4. The van der Waals surface area contributed by atoms with E-state index in [-0.39, 0.29) is 5.57 Å². The molecule has 0 bridgehead atoms. The van der Waals surface area contributed by atoms with Crippen molar-refractivity contribution < 1.29 is 14.3 Å². The zero-order valence-electron chi connectivity index (χ0n) is 14.5. The molecule has 2 rings (SSSR count). The molecule has 5 nitrogen and oxygen atoms in total. The van der Waals surface area contributed by atoms with Gasteiger partial charge in [-0.15, -0.1) is 0 Å². The van der Waals surface area contributed by atoms with Crippen molar-refractivity contribution in [1.82, 2.24) is 0 Å². The van der Waals surface area contributed by atoms with Gasteiger partial charge in [0.2, 0.25) is 0 Å². The Labute approximate surface area is 172 Å². The van der Waals surface area contributed by atoms with E-state index in [9.17, 15) is 10.1 Å². The van der Waals surface area contributed by atoms with Crippen molar-refractivity contribution in [2.24, 2.45) is 0 Å². The van der Waals surface area contributed by atoms with E-state index < -0.39 is 5.91 Å². The number of anilines is 1. The molecule has 0 saturated carbocycles. The van der Waals surface area contributed by atoms with Crippen molar-refractivity contribution in [1.29, 1.82) is 5.26 Å². The topological polar surface area (TPSA) is 71.3 Å². The lowest BCUT2D eigenvalue weighted by atomic mass is 10.1. The summed E-state index contributed by atoms with van der Waals surface area (Å²) in [5, 5.41) is 12.9. The Balaban J connectivity index is 2.35. The second-order valence-corrected chi connectivity index (χ2v) is 6.47. The second kappa shape index (κ2) is 9.52. The number of halogens is 3. The molecule has 0 heterocycles. The van der Waals surface area contributed by atoms with Crippen LogP contribution >= 0.6 is 34.8 Å². The van der Waals surface area contributed by atoms with Crippen LogP contribution in [0.15, 0.2) is 35.9 Å². The van der Waals surface area contributed by atoms with Gasteiger partial charge in [0.1, 0.15) is 11.6 Å². The molecule has 0 unspecified atom stereocenters. The molecule has 27 heavy (non-hydrogen) atoms. The third-order valence-electron chi connectivity index (χ3n) is 3.39. The molecule has 0 aliphatic heterocycles. The molecule has 0 saturated heterocycles. The number of methoxy groups -OCH3 is 1. The highest BCUT2D eigenvalue weighted by Crippen LogP contribution is 2.37. The third-order valence-corrected chi connectivity index (χ3v) is 4.24. The molecule has 0 aliphatic rings. The fraction of sp³-hybridized carbons (Fsp3) is 0.158. The van der Waals surface area contributed by atoms with E-state index in [0.29, 0.717) is 44.4 Å². The van der Waals surface area contributed by atoms with Crippen LogP contribution in [0.3, 0.4) is 0 Å². The number of amides is 1. The van der Waals surface area contributed by atoms with Gasteiger partial charge < -0.3 is 14.8 Å². The van der Waals surface area contributed by atoms with Crippen LogP contribution in [0, 0.1) is 11.3 Å². The van der Waals surface area contributed by atoms with E-state index in [1.807, 2.05) is 13.0 Å². The first kappa shape index (κ1) is 20.9. The number of carbonyl (C=O) groups is 1. The molecule has 8 heteroatoms. The number of hydrogen-bond acceptors (Lipinski definition) is 4. The van der Waals surface area contributed by atoms with Gasteiger partial charge in [-0.2, -0.15) is 5.26 Å². The average molecular weight is 426 g/mol. The smallest absolute Gasteiger partial charge is 0.266 e. The molecule has 0 fully saturated rings. The highest BCUT2D eigenvalue weighted by Gasteiger charge is 2.15. The maximum atomic E-state index is 12.4. The minimum atomic E-state index is -0.634. The first-order valence-corrected chi connectivity index (χ1v) is 8.91. The van der Waals surface area contributed by atoms with Crippen molar-refractivity contribution in [3.8, 4) is 17.6 Å². The first-order chi connectivity index (χ1) is 12.9. The standard InChI is InChI=1S/C19H15Cl3N2O3/c1-3-27-18-15(22)7-11(8-17(18)26-2)6-12(10-23)19(25)24-16-9-13(20)4-5-14(16)21/h4-9H,3H2,1-2H3,(H,24,25)/b12-6+. The Morgan fingerprint density at radius 1 is 1.22 bits per heavy atom. The molecule has 0 atom stereocenters. The SMILES string of the molecule is CCOc1c(Cl)cc(/C=C(\C#N)C(=O)Nc2cc(Cl)ccc2Cl)cc1OC. The van der Waals surface area contributed by atoms with Crippen LogP contribution in [0.1, 0.15) is 12.5 Å². The summed E-state index contributed by atoms with van der Waals surface area (Å²) in [4.78, 5) is 12.4. The van der Waals surface area contributed by atoms with Gasteiger partial charge >= 0.3 is 0 Å². The predicted octanol–water partition coefficient (Wildman–Crippen LogP) is 5.60. The van der Waals surface area contributed by atoms with Gasteiger partial charge in [-0.3, -0.25) is 4.79 Å². The quantitative estimate of drug-likeness (QED) is 0.483. The van der Waals surface area contributed by atoms with Crippen molar-refractivity contribution in [2.45, 2.75) is 6.92 Å². The maximum Gasteiger partial charge on any atom is 0.266 e. The summed E-state index contributed by atoms with van der Waals surface area (Å²) in [7, 11) is 1.47. The number of rotatable bonds is 6. The Hall–Kier alpha value is -2.39. The summed E-state index contributed by atoms with van der Waals surface area (Å²) in [6.45, 7) is 2.24. The minimum Gasteiger partial charge on any atom is -0.493 e. The Kier molecular flexibility index (Phi) is 7.37. The molecule has 2 aromatic carbocycles. The molecule has 0 aliphatic carbocycles. The van der Waals surface area contributed by atoms with Crippen molar-refractivity contribution >= 4 is 52.5 Å². The fourth-order valence-corrected chi connectivity index (χ4v) is 2.82. The summed E-state index contributed by atoms with van der Waals surface area (Å²) < 4.78 is 10.7. The summed E-state index contributed by atoms with van der Waals surface area (Å²) in [5.74, 6) is 0.157. The molecule has 0 radical (unpaired) electrons. The summed E-state index contributed by atoms with van der Waals surface area (Å²) >= 11 is 18.2. The second-order valence-electron chi connectivity index (χ2n) is 5.22. The van der Waals surface area contributed by atoms with Gasteiger partial charge in [-0.25, -0.2) is 0 Å². The highest BCUT2D eigenvalue weighted by atomic mass is 35.5. The number of nitrogens with one attached hydrogen (secondary N) is 1. The van der Waals surface area contributed by atoms with Crippen LogP contribution in [-0.2, 0) is 4.79 Å². The van der Waals surface area contributed by atoms with E-state index in [1.54, 1.807) is 24.3 Å². The van der Waals surface area contributed by atoms with Gasteiger partial charge in [0.25, 0.3) is 5.91 Å². The van der Waals surface area contributed by atoms with Gasteiger partial charge in [0.05, 0.1) is 29.4 Å². The molecule has 1 N–H and O–H groups in total. The van der Waals surface area contributed by atoms with E-state index in [1.165, 1.54) is 19.3 Å². The van der Waals surface area contributed by atoms with Gasteiger partial charge in [-0.05, 0) is 48.9 Å². The zero-order valence-corrected chi connectivity index (χ0v) is 16.7. The predicted molar refractivity (Wildman–Crippen MR) is 108 cm³/mol. The van der Waals surface area contributed by atoms with Crippen molar-refractivity contribution in [2.75, 3.05) is 19.0 Å². The van der Waals surface area contributed by atoms with E-state index >= 15 is 0 Å². The largest absolute Gasteiger partial charge is 0.493 e. The first-order valence-electron chi connectivity index (χ1n) is 7.78. The lowest BCUT2D eigenvalue weighted by Crippen LogP contribution is -2.13. The lowest BCUT2D eigenvalue weighted by molar-refractivity contribution is -0.112. The molecule has 0 aromatic heterocycles.